The minimum Gasteiger partial charge on any atom is -0.489 e. The van der Waals surface area contributed by atoms with Gasteiger partial charge in [0.05, 0.1) is 16.4 Å². The van der Waals surface area contributed by atoms with Gasteiger partial charge in [0.25, 0.3) is 0 Å². The van der Waals surface area contributed by atoms with Crippen LogP contribution in [0.5, 0.6) is 5.75 Å². The van der Waals surface area contributed by atoms with Crippen LogP contribution in [0.1, 0.15) is 45.1 Å². The number of likely N-dealkylation sites (tertiary alicyclic amines) is 1. The molecule has 3 rings (SSSR count). The molecule has 2 aliphatic rings. The van der Waals surface area contributed by atoms with Gasteiger partial charge in [0, 0.05) is 20.1 Å². The van der Waals surface area contributed by atoms with Crippen molar-refractivity contribution in [1.29, 1.82) is 0 Å². The molecule has 0 atom stereocenters. The molecule has 0 radical (unpaired) electrons. The molecule has 5 nitrogen and oxygen atoms in total. The van der Waals surface area contributed by atoms with Crippen LogP contribution in [0.25, 0.3) is 0 Å². The average molecular weight is 415 g/mol. The van der Waals surface area contributed by atoms with E-state index in [4.69, 9.17) is 16.3 Å². The molecule has 27 heavy (non-hydrogen) atoms. The quantitative estimate of drug-likeness (QED) is 0.649. The number of hydrogen-bond donors (Lipinski definition) is 0. The zero-order valence-electron chi connectivity index (χ0n) is 16.5. The summed E-state index contributed by atoms with van der Waals surface area (Å²) in [6, 6.07) is 6.01. The molecular formula is C20H31ClN2O3S. The molecule has 152 valence electrons. The molecule has 1 saturated carbocycles. The summed E-state index contributed by atoms with van der Waals surface area (Å²) in [6.07, 6.45) is 4.37. The normalized spacial score (nSPS) is 23.8. The first-order chi connectivity index (χ1) is 12.8. The molecule has 1 saturated heterocycles. The molecule has 0 bridgehead atoms. The lowest BCUT2D eigenvalue weighted by Gasteiger charge is -2.37. The van der Waals surface area contributed by atoms with Gasteiger partial charge in [-0.1, -0.05) is 23.7 Å². The minimum absolute atomic E-state index is 0.115. The highest BCUT2D eigenvalue weighted by Gasteiger charge is 2.35. The summed E-state index contributed by atoms with van der Waals surface area (Å²) in [5, 5.41) is 0.333. The van der Waals surface area contributed by atoms with E-state index in [1.807, 2.05) is 12.1 Å². The van der Waals surface area contributed by atoms with Crippen molar-refractivity contribution in [2.45, 2.75) is 57.4 Å². The van der Waals surface area contributed by atoms with Crippen molar-refractivity contribution in [1.82, 2.24) is 9.21 Å². The summed E-state index contributed by atoms with van der Waals surface area (Å²) < 4.78 is 32.0. The zero-order chi connectivity index (χ0) is 19.6. The molecule has 0 N–H and O–H groups in total. The van der Waals surface area contributed by atoms with E-state index in [0.29, 0.717) is 17.5 Å². The molecule has 0 amide bonds. The van der Waals surface area contributed by atoms with Crippen molar-refractivity contribution >= 4 is 21.6 Å². The van der Waals surface area contributed by atoms with E-state index in [9.17, 15) is 8.42 Å². The summed E-state index contributed by atoms with van der Waals surface area (Å²) in [7, 11) is -1.51. The Balaban J connectivity index is 1.51. The molecule has 1 aliphatic heterocycles. The second-order valence-electron chi connectivity index (χ2n) is 8.16. The average Bonchev–Trinajstić information content (AvgIpc) is 3.08. The van der Waals surface area contributed by atoms with Crippen LogP contribution >= 0.6 is 11.6 Å². The van der Waals surface area contributed by atoms with Crippen LogP contribution in [-0.4, -0.2) is 55.7 Å². The molecule has 0 aromatic heterocycles. The second-order valence-corrected chi connectivity index (χ2v) is 11.1. The van der Waals surface area contributed by atoms with Gasteiger partial charge in [0.15, 0.2) is 0 Å². The maximum atomic E-state index is 12.2. The van der Waals surface area contributed by atoms with Crippen molar-refractivity contribution in [3.8, 4) is 5.75 Å². The highest BCUT2D eigenvalue weighted by molar-refractivity contribution is 7.89. The van der Waals surface area contributed by atoms with E-state index < -0.39 is 10.0 Å². The summed E-state index contributed by atoms with van der Waals surface area (Å²) in [5.41, 5.74) is 1.12. The number of nitrogens with zero attached hydrogens (tertiary/aromatic N) is 2. The van der Waals surface area contributed by atoms with E-state index in [0.717, 1.165) is 43.8 Å². The molecule has 1 aliphatic carbocycles. The van der Waals surface area contributed by atoms with Gasteiger partial charge in [-0.05, 0) is 70.2 Å². The Morgan fingerprint density at radius 1 is 1.26 bits per heavy atom. The lowest BCUT2D eigenvalue weighted by Crippen LogP contribution is -2.43. The summed E-state index contributed by atoms with van der Waals surface area (Å²) in [4.78, 5) is 2.43. The van der Waals surface area contributed by atoms with Gasteiger partial charge in [-0.3, -0.25) is 4.90 Å². The van der Waals surface area contributed by atoms with E-state index in [2.05, 4.69) is 11.0 Å². The highest BCUT2D eigenvalue weighted by atomic mass is 35.5. The Kier molecular flexibility index (Phi) is 6.72. The van der Waals surface area contributed by atoms with Crippen molar-refractivity contribution in [2.24, 2.45) is 5.92 Å². The van der Waals surface area contributed by atoms with Gasteiger partial charge < -0.3 is 4.74 Å². The lowest BCUT2D eigenvalue weighted by molar-refractivity contribution is 0.0574. The molecule has 1 aromatic carbocycles. The molecule has 0 unspecified atom stereocenters. The fourth-order valence-electron chi connectivity index (χ4n) is 3.88. The second kappa shape index (κ2) is 8.68. The van der Waals surface area contributed by atoms with Crippen molar-refractivity contribution in [3.63, 3.8) is 0 Å². The fourth-order valence-corrected chi connectivity index (χ4v) is 5.25. The van der Waals surface area contributed by atoms with Gasteiger partial charge >= 0.3 is 0 Å². The SMILES string of the molecule is CC(C)S(=O)(=O)N(C)CC1CC(Oc2cccc(CN3CCCC3)c2Cl)C1. The van der Waals surface area contributed by atoms with Crippen LogP contribution in [0.2, 0.25) is 5.02 Å². The number of hydrogen-bond acceptors (Lipinski definition) is 4. The molecule has 1 heterocycles. The van der Waals surface area contributed by atoms with Gasteiger partial charge in [0.2, 0.25) is 10.0 Å². The minimum atomic E-state index is -3.18. The topological polar surface area (TPSA) is 49.9 Å². The standard InChI is InChI=1S/C20H31ClN2O3S/c1-15(2)27(24,25)22(3)13-16-11-18(12-16)26-19-8-6-7-17(20(19)21)14-23-9-4-5-10-23/h6-8,15-16,18H,4-5,9-14H2,1-3H3. The maximum Gasteiger partial charge on any atom is 0.216 e. The van der Waals surface area contributed by atoms with Crippen LogP contribution in [0.3, 0.4) is 0 Å². The summed E-state index contributed by atoms with van der Waals surface area (Å²) in [5.74, 6) is 1.10. The number of halogens is 1. The van der Waals surface area contributed by atoms with Gasteiger partial charge in [-0.25, -0.2) is 12.7 Å². The third-order valence-corrected chi connectivity index (χ3v) is 8.31. The lowest BCUT2D eigenvalue weighted by atomic mass is 9.82. The third-order valence-electron chi connectivity index (χ3n) is 5.67. The van der Waals surface area contributed by atoms with Crippen molar-refractivity contribution in [2.75, 3.05) is 26.7 Å². The van der Waals surface area contributed by atoms with Gasteiger partial charge in [-0.2, -0.15) is 0 Å². The number of sulfonamides is 1. The van der Waals surface area contributed by atoms with Gasteiger partial charge in [-0.15, -0.1) is 0 Å². The van der Waals surface area contributed by atoms with E-state index >= 15 is 0 Å². The van der Waals surface area contributed by atoms with Crippen LogP contribution in [0, 0.1) is 5.92 Å². The zero-order valence-corrected chi connectivity index (χ0v) is 18.1. The molecule has 0 spiro atoms. The Morgan fingerprint density at radius 2 is 1.93 bits per heavy atom. The third kappa shape index (κ3) is 4.97. The number of ether oxygens (including phenoxy) is 1. The first-order valence-electron chi connectivity index (χ1n) is 9.89. The Bertz CT molecular complexity index is 742. The summed E-state index contributed by atoms with van der Waals surface area (Å²) in [6.45, 7) is 7.15. The predicted molar refractivity (Wildman–Crippen MR) is 110 cm³/mol. The molecule has 1 aromatic rings. The Hall–Kier alpha value is -0.820. The monoisotopic (exact) mass is 414 g/mol. The number of benzene rings is 1. The fraction of sp³-hybridized carbons (Fsp3) is 0.700. The first-order valence-corrected chi connectivity index (χ1v) is 11.8. The van der Waals surface area contributed by atoms with Gasteiger partial charge in [0.1, 0.15) is 5.75 Å². The molecular weight excluding hydrogens is 384 g/mol. The van der Waals surface area contributed by atoms with E-state index in [-0.39, 0.29) is 11.4 Å². The Labute approximate surface area is 168 Å². The molecule has 7 heteroatoms. The van der Waals surface area contributed by atoms with Crippen molar-refractivity contribution < 1.29 is 13.2 Å². The number of rotatable bonds is 8. The summed E-state index contributed by atoms with van der Waals surface area (Å²) >= 11 is 6.59. The van der Waals surface area contributed by atoms with E-state index in [1.165, 1.54) is 17.1 Å². The maximum absolute atomic E-state index is 12.2. The molecule has 2 fully saturated rings. The predicted octanol–water partition coefficient (Wildman–Crippen LogP) is 3.76. The first kappa shape index (κ1) is 20.9. The Morgan fingerprint density at radius 3 is 2.56 bits per heavy atom. The van der Waals surface area contributed by atoms with Crippen molar-refractivity contribution in [3.05, 3.63) is 28.8 Å². The van der Waals surface area contributed by atoms with Crippen LogP contribution in [0.4, 0.5) is 0 Å². The highest BCUT2D eigenvalue weighted by Crippen LogP contribution is 2.36. The smallest absolute Gasteiger partial charge is 0.216 e. The van der Waals surface area contributed by atoms with E-state index in [1.54, 1.807) is 20.9 Å². The van der Waals surface area contributed by atoms with Crippen LogP contribution in [0.15, 0.2) is 18.2 Å². The van der Waals surface area contributed by atoms with Crippen LogP contribution < -0.4 is 4.74 Å². The van der Waals surface area contributed by atoms with Crippen LogP contribution in [-0.2, 0) is 16.6 Å². The largest absolute Gasteiger partial charge is 0.489 e.